The van der Waals surface area contributed by atoms with Gasteiger partial charge in [-0.25, -0.2) is 4.98 Å². The van der Waals surface area contributed by atoms with E-state index in [-0.39, 0.29) is 0 Å². The van der Waals surface area contributed by atoms with Crippen LogP contribution >= 0.6 is 0 Å². The summed E-state index contributed by atoms with van der Waals surface area (Å²) in [6.07, 6.45) is 6.85. The van der Waals surface area contributed by atoms with E-state index in [2.05, 4.69) is 15.0 Å². The molecule has 1 aromatic carbocycles. The Labute approximate surface area is 98.2 Å². The lowest BCUT2D eigenvalue weighted by Gasteiger charge is -2.04. The standard InChI is InChI=1S/C13H10N4/c14-13-8-16-12(7-17-13)11-6-15-5-9-3-1-2-4-10(9)11/h1-8H,(H2,14,17). The fourth-order valence-corrected chi connectivity index (χ4v) is 1.80. The second kappa shape index (κ2) is 3.83. The topological polar surface area (TPSA) is 64.7 Å². The number of fused-ring (bicyclic) bond motifs is 1. The van der Waals surface area contributed by atoms with E-state index in [0.29, 0.717) is 5.82 Å². The van der Waals surface area contributed by atoms with Gasteiger partial charge in [-0.15, -0.1) is 0 Å². The number of pyridine rings is 1. The zero-order chi connectivity index (χ0) is 11.7. The minimum atomic E-state index is 0.418. The van der Waals surface area contributed by atoms with Crippen molar-refractivity contribution < 1.29 is 0 Å². The van der Waals surface area contributed by atoms with Crippen molar-refractivity contribution in [2.24, 2.45) is 0 Å². The van der Waals surface area contributed by atoms with E-state index < -0.39 is 0 Å². The van der Waals surface area contributed by atoms with Crippen LogP contribution < -0.4 is 5.73 Å². The van der Waals surface area contributed by atoms with Crippen LogP contribution in [-0.4, -0.2) is 15.0 Å². The number of rotatable bonds is 1. The summed E-state index contributed by atoms with van der Waals surface area (Å²) in [7, 11) is 0. The summed E-state index contributed by atoms with van der Waals surface area (Å²) >= 11 is 0. The van der Waals surface area contributed by atoms with E-state index in [1.165, 1.54) is 0 Å². The average molecular weight is 222 g/mol. The molecule has 0 aliphatic heterocycles. The molecule has 17 heavy (non-hydrogen) atoms. The van der Waals surface area contributed by atoms with Crippen molar-refractivity contribution in [3.63, 3.8) is 0 Å². The molecule has 4 heteroatoms. The fraction of sp³-hybridized carbons (Fsp3) is 0. The Kier molecular flexibility index (Phi) is 2.19. The average Bonchev–Trinajstić information content (AvgIpc) is 2.39. The third-order valence-corrected chi connectivity index (χ3v) is 2.62. The minimum Gasteiger partial charge on any atom is -0.382 e. The molecular weight excluding hydrogens is 212 g/mol. The van der Waals surface area contributed by atoms with Crippen LogP contribution in [0.4, 0.5) is 5.82 Å². The molecular formula is C13H10N4. The summed E-state index contributed by atoms with van der Waals surface area (Å²) in [6.45, 7) is 0. The maximum Gasteiger partial charge on any atom is 0.141 e. The van der Waals surface area contributed by atoms with Gasteiger partial charge in [0.2, 0.25) is 0 Å². The predicted molar refractivity (Wildman–Crippen MR) is 67.2 cm³/mol. The normalized spacial score (nSPS) is 10.6. The number of nitrogens with two attached hydrogens (primary N) is 1. The van der Waals surface area contributed by atoms with Crippen LogP contribution in [0.3, 0.4) is 0 Å². The van der Waals surface area contributed by atoms with Crippen LogP contribution in [0.25, 0.3) is 22.0 Å². The number of nitrogen functional groups attached to an aromatic ring is 1. The highest BCUT2D eigenvalue weighted by molar-refractivity contribution is 5.94. The first kappa shape index (κ1) is 9.72. The number of hydrogen-bond donors (Lipinski definition) is 1. The third-order valence-electron chi connectivity index (χ3n) is 2.62. The van der Waals surface area contributed by atoms with Crippen LogP contribution in [-0.2, 0) is 0 Å². The molecule has 0 atom stereocenters. The van der Waals surface area contributed by atoms with Crippen molar-refractivity contribution in [1.82, 2.24) is 15.0 Å². The van der Waals surface area contributed by atoms with Crippen LogP contribution in [0.5, 0.6) is 0 Å². The second-order valence-corrected chi connectivity index (χ2v) is 3.73. The molecule has 0 aliphatic rings. The summed E-state index contributed by atoms with van der Waals surface area (Å²) in [5.74, 6) is 0.418. The van der Waals surface area contributed by atoms with Crippen molar-refractivity contribution in [2.45, 2.75) is 0 Å². The zero-order valence-electron chi connectivity index (χ0n) is 9.04. The molecule has 0 spiro atoms. The van der Waals surface area contributed by atoms with Gasteiger partial charge in [0.05, 0.1) is 18.1 Å². The molecule has 0 bridgehead atoms. The molecule has 0 radical (unpaired) electrons. The molecule has 4 nitrogen and oxygen atoms in total. The van der Waals surface area contributed by atoms with Crippen molar-refractivity contribution >= 4 is 16.6 Å². The number of anilines is 1. The summed E-state index contributed by atoms with van der Waals surface area (Å²) in [5, 5.41) is 2.20. The number of aromatic nitrogens is 3. The maximum absolute atomic E-state index is 5.53. The Hall–Kier alpha value is -2.49. The molecule has 0 saturated carbocycles. The lowest BCUT2D eigenvalue weighted by Crippen LogP contribution is -1.93. The van der Waals surface area contributed by atoms with Crippen LogP contribution in [0.15, 0.2) is 49.1 Å². The lowest BCUT2D eigenvalue weighted by molar-refractivity contribution is 1.21. The van der Waals surface area contributed by atoms with E-state index in [4.69, 9.17) is 5.73 Å². The first-order chi connectivity index (χ1) is 8.34. The van der Waals surface area contributed by atoms with Gasteiger partial charge in [-0.2, -0.15) is 0 Å². The SMILES string of the molecule is Nc1cnc(-c2cncc3ccccc23)cn1. The molecule has 2 N–H and O–H groups in total. The van der Waals surface area contributed by atoms with Crippen LogP contribution in [0, 0.1) is 0 Å². The van der Waals surface area contributed by atoms with E-state index in [1.54, 1.807) is 18.6 Å². The number of hydrogen-bond acceptors (Lipinski definition) is 4. The minimum absolute atomic E-state index is 0.418. The molecule has 0 unspecified atom stereocenters. The molecule has 3 aromatic rings. The van der Waals surface area contributed by atoms with Crippen molar-refractivity contribution in [1.29, 1.82) is 0 Å². The van der Waals surface area contributed by atoms with Gasteiger partial charge in [0, 0.05) is 23.3 Å². The molecule has 0 fully saturated rings. The summed E-state index contributed by atoms with van der Waals surface area (Å²) < 4.78 is 0. The molecule has 0 saturated heterocycles. The summed E-state index contributed by atoms with van der Waals surface area (Å²) in [5.41, 5.74) is 7.28. The quantitative estimate of drug-likeness (QED) is 0.686. The third kappa shape index (κ3) is 1.69. The van der Waals surface area contributed by atoms with Gasteiger partial charge in [-0.05, 0) is 5.39 Å². The molecule has 2 heterocycles. The largest absolute Gasteiger partial charge is 0.382 e. The van der Waals surface area contributed by atoms with Crippen molar-refractivity contribution in [3.8, 4) is 11.3 Å². The molecule has 2 aromatic heterocycles. The summed E-state index contributed by atoms with van der Waals surface area (Å²) in [6, 6.07) is 8.06. The van der Waals surface area contributed by atoms with Gasteiger partial charge in [0.1, 0.15) is 5.82 Å². The smallest absolute Gasteiger partial charge is 0.141 e. The molecule has 0 amide bonds. The van der Waals surface area contributed by atoms with Crippen molar-refractivity contribution in [3.05, 3.63) is 49.1 Å². The maximum atomic E-state index is 5.53. The van der Waals surface area contributed by atoms with E-state index >= 15 is 0 Å². The van der Waals surface area contributed by atoms with E-state index in [0.717, 1.165) is 22.0 Å². The van der Waals surface area contributed by atoms with Gasteiger partial charge in [-0.1, -0.05) is 24.3 Å². The van der Waals surface area contributed by atoms with Gasteiger partial charge in [0.15, 0.2) is 0 Å². The molecule has 3 rings (SSSR count). The van der Waals surface area contributed by atoms with Gasteiger partial charge < -0.3 is 5.73 Å². The number of nitrogens with zero attached hydrogens (tertiary/aromatic N) is 3. The second-order valence-electron chi connectivity index (χ2n) is 3.73. The highest BCUT2D eigenvalue weighted by Crippen LogP contribution is 2.25. The first-order valence-corrected chi connectivity index (χ1v) is 5.25. The lowest BCUT2D eigenvalue weighted by atomic mass is 10.1. The van der Waals surface area contributed by atoms with Crippen LogP contribution in [0.2, 0.25) is 0 Å². The fourth-order valence-electron chi connectivity index (χ4n) is 1.80. The molecule has 0 aliphatic carbocycles. The Morgan fingerprint density at radius 3 is 2.59 bits per heavy atom. The van der Waals surface area contributed by atoms with Gasteiger partial charge in [0.25, 0.3) is 0 Å². The molecule has 82 valence electrons. The Morgan fingerprint density at radius 2 is 1.76 bits per heavy atom. The van der Waals surface area contributed by atoms with Crippen LogP contribution in [0.1, 0.15) is 0 Å². The monoisotopic (exact) mass is 222 g/mol. The zero-order valence-corrected chi connectivity index (χ0v) is 9.04. The predicted octanol–water partition coefficient (Wildman–Crippen LogP) is 2.27. The van der Waals surface area contributed by atoms with Gasteiger partial charge in [-0.3, -0.25) is 9.97 Å². The van der Waals surface area contributed by atoms with Crippen molar-refractivity contribution in [2.75, 3.05) is 5.73 Å². The highest BCUT2D eigenvalue weighted by atomic mass is 14.9. The van der Waals surface area contributed by atoms with Gasteiger partial charge >= 0.3 is 0 Å². The Bertz CT molecular complexity index is 656. The Balaban J connectivity index is 2.27. The first-order valence-electron chi connectivity index (χ1n) is 5.25. The summed E-state index contributed by atoms with van der Waals surface area (Å²) in [4.78, 5) is 12.5. The van der Waals surface area contributed by atoms with E-state index in [9.17, 15) is 0 Å². The highest BCUT2D eigenvalue weighted by Gasteiger charge is 2.05. The Morgan fingerprint density at radius 1 is 0.882 bits per heavy atom. The number of benzene rings is 1. The van der Waals surface area contributed by atoms with E-state index in [1.807, 2.05) is 30.5 Å².